The van der Waals surface area contributed by atoms with Crippen LogP contribution in [0.4, 0.5) is 4.39 Å². The third-order valence-electron chi connectivity index (χ3n) is 3.04. The van der Waals surface area contributed by atoms with Gasteiger partial charge < -0.3 is 4.90 Å². The maximum Gasteiger partial charge on any atom is 0.256 e. The van der Waals surface area contributed by atoms with Crippen LogP contribution in [-0.2, 0) is 6.54 Å². The highest BCUT2D eigenvalue weighted by Gasteiger charge is 2.16. The Kier molecular flexibility index (Phi) is 4.86. The minimum Gasteiger partial charge on any atom is -0.337 e. The van der Waals surface area contributed by atoms with Gasteiger partial charge in [0.25, 0.3) is 5.91 Å². The average molecular weight is 326 g/mol. The first kappa shape index (κ1) is 15.8. The summed E-state index contributed by atoms with van der Waals surface area (Å²) in [5, 5.41) is 1.00. The predicted octanol–water partition coefficient (Wildman–Crippen LogP) is 4.71. The molecule has 2 nitrogen and oxygen atoms in total. The molecule has 5 heteroatoms. The normalized spacial score (nSPS) is 10.5. The summed E-state index contributed by atoms with van der Waals surface area (Å²) in [5.41, 5.74) is 1.68. The zero-order chi connectivity index (χ0) is 15.6. The van der Waals surface area contributed by atoms with Gasteiger partial charge in [0.1, 0.15) is 5.82 Å². The number of hydrogen-bond donors (Lipinski definition) is 0. The molecule has 0 bridgehead atoms. The molecule has 1 amide bonds. The van der Waals surface area contributed by atoms with E-state index in [1.54, 1.807) is 37.4 Å². The lowest BCUT2D eigenvalue weighted by Crippen LogP contribution is -2.27. The zero-order valence-corrected chi connectivity index (χ0v) is 13.2. The molecule has 0 spiro atoms. The minimum atomic E-state index is -0.526. The van der Waals surface area contributed by atoms with E-state index in [0.717, 1.165) is 11.1 Å². The lowest BCUT2D eigenvalue weighted by atomic mass is 10.1. The summed E-state index contributed by atoms with van der Waals surface area (Å²) in [6, 6.07) is 9.54. The summed E-state index contributed by atoms with van der Waals surface area (Å²) in [4.78, 5) is 13.7. The SMILES string of the molecule is Cc1ccc(F)c(C(=O)N(C)Cc2cc(Cl)cc(Cl)c2)c1. The third kappa shape index (κ3) is 3.96. The first-order valence-corrected chi connectivity index (χ1v) is 7.09. The highest BCUT2D eigenvalue weighted by Crippen LogP contribution is 2.21. The monoisotopic (exact) mass is 325 g/mol. The summed E-state index contributed by atoms with van der Waals surface area (Å²) in [6.07, 6.45) is 0. The average Bonchev–Trinajstić information content (AvgIpc) is 2.39. The molecule has 0 fully saturated rings. The van der Waals surface area contributed by atoms with Crippen molar-refractivity contribution in [3.63, 3.8) is 0 Å². The summed E-state index contributed by atoms with van der Waals surface area (Å²) in [6.45, 7) is 2.11. The van der Waals surface area contributed by atoms with E-state index in [2.05, 4.69) is 0 Å². The standard InChI is InChI=1S/C16H14Cl2FNO/c1-10-3-4-15(19)14(5-10)16(21)20(2)9-11-6-12(17)8-13(18)7-11/h3-8H,9H2,1-2H3. The number of amides is 1. The van der Waals surface area contributed by atoms with Gasteiger partial charge in [-0.15, -0.1) is 0 Å². The summed E-state index contributed by atoms with van der Waals surface area (Å²) >= 11 is 11.9. The van der Waals surface area contributed by atoms with Crippen molar-refractivity contribution in [1.82, 2.24) is 4.90 Å². The summed E-state index contributed by atoms with van der Waals surface area (Å²) in [7, 11) is 1.61. The Morgan fingerprint density at radius 1 is 1.14 bits per heavy atom. The van der Waals surface area contributed by atoms with Gasteiger partial charge in [0.05, 0.1) is 5.56 Å². The van der Waals surface area contributed by atoms with E-state index in [4.69, 9.17) is 23.2 Å². The summed E-state index contributed by atoms with van der Waals surface area (Å²) in [5.74, 6) is -0.908. The molecule has 0 saturated carbocycles. The van der Waals surface area contributed by atoms with Crippen molar-refractivity contribution in [2.45, 2.75) is 13.5 Å². The second kappa shape index (κ2) is 6.46. The number of halogens is 3. The Morgan fingerprint density at radius 3 is 2.38 bits per heavy atom. The molecule has 0 saturated heterocycles. The molecule has 21 heavy (non-hydrogen) atoms. The second-order valence-electron chi connectivity index (χ2n) is 4.92. The van der Waals surface area contributed by atoms with Gasteiger partial charge in [-0.1, -0.05) is 34.8 Å². The Labute approximate surface area is 133 Å². The molecule has 0 atom stereocenters. The molecule has 0 heterocycles. The van der Waals surface area contributed by atoms with E-state index in [9.17, 15) is 9.18 Å². The molecule has 0 aliphatic rings. The van der Waals surface area contributed by atoms with Crippen molar-refractivity contribution >= 4 is 29.1 Å². The number of carbonyl (C=O) groups is 1. The van der Waals surface area contributed by atoms with Crippen LogP contribution in [0.3, 0.4) is 0 Å². The molecule has 0 radical (unpaired) electrons. The van der Waals surface area contributed by atoms with Crippen molar-refractivity contribution < 1.29 is 9.18 Å². The van der Waals surface area contributed by atoms with E-state index < -0.39 is 5.82 Å². The van der Waals surface area contributed by atoms with Crippen LogP contribution in [-0.4, -0.2) is 17.9 Å². The topological polar surface area (TPSA) is 20.3 Å². The van der Waals surface area contributed by atoms with Crippen LogP contribution in [0.15, 0.2) is 36.4 Å². The number of nitrogens with zero attached hydrogens (tertiary/aromatic N) is 1. The van der Waals surface area contributed by atoms with Crippen molar-refractivity contribution in [2.75, 3.05) is 7.05 Å². The smallest absolute Gasteiger partial charge is 0.256 e. The van der Waals surface area contributed by atoms with Crippen LogP contribution in [0.1, 0.15) is 21.5 Å². The molecule has 110 valence electrons. The van der Waals surface area contributed by atoms with E-state index in [-0.39, 0.29) is 11.5 Å². The predicted molar refractivity (Wildman–Crippen MR) is 83.4 cm³/mol. The Hall–Kier alpha value is -1.58. The van der Waals surface area contributed by atoms with Crippen LogP contribution >= 0.6 is 23.2 Å². The lowest BCUT2D eigenvalue weighted by molar-refractivity contribution is 0.0780. The van der Waals surface area contributed by atoms with Crippen molar-refractivity contribution in [1.29, 1.82) is 0 Å². The van der Waals surface area contributed by atoms with E-state index in [1.165, 1.54) is 11.0 Å². The van der Waals surface area contributed by atoms with Gasteiger partial charge in [-0.05, 0) is 42.8 Å². The van der Waals surface area contributed by atoms with E-state index >= 15 is 0 Å². The second-order valence-corrected chi connectivity index (χ2v) is 5.80. The Balaban J connectivity index is 2.21. The molecule has 2 aromatic rings. The number of aryl methyl sites for hydroxylation is 1. The molecular weight excluding hydrogens is 312 g/mol. The number of hydrogen-bond acceptors (Lipinski definition) is 1. The van der Waals surface area contributed by atoms with Gasteiger partial charge in [0, 0.05) is 23.6 Å². The fraction of sp³-hybridized carbons (Fsp3) is 0.188. The molecule has 0 N–H and O–H groups in total. The molecule has 0 unspecified atom stereocenters. The quantitative estimate of drug-likeness (QED) is 0.800. The fourth-order valence-electron chi connectivity index (χ4n) is 2.06. The van der Waals surface area contributed by atoms with Gasteiger partial charge in [-0.2, -0.15) is 0 Å². The Bertz CT molecular complexity index is 668. The third-order valence-corrected chi connectivity index (χ3v) is 3.48. The molecular formula is C16H14Cl2FNO. The molecule has 0 aromatic heterocycles. The van der Waals surface area contributed by atoms with Gasteiger partial charge in [-0.25, -0.2) is 4.39 Å². The zero-order valence-electron chi connectivity index (χ0n) is 11.7. The van der Waals surface area contributed by atoms with Crippen LogP contribution in [0.25, 0.3) is 0 Å². The summed E-state index contributed by atoms with van der Waals surface area (Å²) < 4.78 is 13.8. The first-order chi connectivity index (χ1) is 9.86. The van der Waals surface area contributed by atoms with Crippen LogP contribution < -0.4 is 0 Å². The van der Waals surface area contributed by atoms with Crippen molar-refractivity contribution in [3.05, 3.63) is 69.0 Å². The van der Waals surface area contributed by atoms with Gasteiger partial charge >= 0.3 is 0 Å². The van der Waals surface area contributed by atoms with Crippen LogP contribution in [0, 0.1) is 12.7 Å². The molecule has 0 aliphatic heterocycles. The molecule has 2 rings (SSSR count). The van der Waals surface area contributed by atoms with Gasteiger partial charge in [-0.3, -0.25) is 4.79 Å². The van der Waals surface area contributed by atoms with Crippen LogP contribution in [0.5, 0.6) is 0 Å². The first-order valence-electron chi connectivity index (χ1n) is 6.33. The van der Waals surface area contributed by atoms with Gasteiger partial charge in [0.2, 0.25) is 0 Å². The number of rotatable bonds is 3. The van der Waals surface area contributed by atoms with E-state index in [0.29, 0.717) is 16.6 Å². The lowest BCUT2D eigenvalue weighted by Gasteiger charge is -2.18. The molecule has 0 aliphatic carbocycles. The fourth-order valence-corrected chi connectivity index (χ4v) is 2.63. The maximum atomic E-state index is 13.8. The largest absolute Gasteiger partial charge is 0.337 e. The molecule has 2 aromatic carbocycles. The maximum absolute atomic E-state index is 13.8. The van der Waals surface area contributed by atoms with Crippen molar-refractivity contribution in [3.8, 4) is 0 Å². The van der Waals surface area contributed by atoms with Gasteiger partial charge in [0.15, 0.2) is 0 Å². The van der Waals surface area contributed by atoms with E-state index in [1.807, 2.05) is 6.92 Å². The highest BCUT2D eigenvalue weighted by molar-refractivity contribution is 6.34. The number of carbonyl (C=O) groups excluding carboxylic acids is 1. The minimum absolute atomic E-state index is 0.0608. The van der Waals surface area contributed by atoms with Crippen molar-refractivity contribution in [2.24, 2.45) is 0 Å². The number of benzene rings is 2. The Morgan fingerprint density at radius 2 is 1.76 bits per heavy atom. The highest BCUT2D eigenvalue weighted by atomic mass is 35.5. The van der Waals surface area contributed by atoms with Crippen LogP contribution in [0.2, 0.25) is 10.0 Å².